The predicted octanol–water partition coefficient (Wildman–Crippen LogP) is 2.02. The monoisotopic (exact) mass is 262 g/mol. The van der Waals surface area contributed by atoms with Crippen LogP contribution in [0, 0.1) is 0 Å². The summed E-state index contributed by atoms with van der Waals surface area (Å²) in [6, 6.07) is 0. The lowest BCUT2D eigenvalue weighted by Gasteiger charge is -2.18. The van der Waals surface area contributed by atoms with Crippen molar-refractivity contribution in [1.82, 2.24) is 0 Å². The molecule has 2 rings (SSSR count). The van der Waals surface area contributed by atoms with Gasteiger partial charge in [0.05, 0.1) is 25.4 Å². The zero-order valence-electron chi connectivity index (χ0n) is 11.0. The maximum Gasteiger partial charge on any atom is 0.163 e. The van der Waals surface area contributed by atoms with Gasteiger partial charge in [0.1, 0.15) is 0 Å². The topological polar surface area (TPSA) is 36.9 Å². The maximum atomic E-state index is 5.74. The molecule has 0 aromatic rings. The molecule has 2 aliphatic heterocycles. The molecule has 2 fully saturated rings. The first-order chi connectivity index (χ1) is 7.86. The average molecular weight is 262 g/mol. The van der Waals surface area contributed by atoms with Crippen LogP contribution in [-0.2, 0) is 18.9 Å². The highest BCUT2D eigenvalue weighted by Crippen LogP contribution is 2.27. The van der Waals surface area contributed by atoms with Gasteiger partial charge < -0.3 is 18.9 Å². The van der Waals surface area contributed by atoms with E-state index in [2.05, 4.69) is 0 Å². The Morgan fingerprint density at radius 2 is 1.29 bits per heavy atom. The van der Waals surface area contributed by atoms with Crippen molar-refractivity contribution in [2.45, 2.75) is 51.5 Å². The van der Waals surface area contributed by atoms with Crippen LogP contribution in [0.5, 0.6) is 0 Å². The normalized spacial score (nSPS) is 35.3. The van der Waals surface area contributed by atoms with Crippen LogP contribution in [0.3, 0.4) is 0 Å². The van der Waals surface area contributed by atoms with Crippen LogP contribution in [0.1, 0.15) is 27.7 Å². The number of rotatable bonds is 4. The highest BCUT2D eigenvalue weighted by atomic mass is 32.2. The van der Waals surface area contributed by atoms with E-state index in [1.54, 1.807) is 0 Å². The smallest absolute Gasteiger partial charge is 0.163 e. The van der Waals surface area contributed by atoms with Gasteiger partial charge in [-0.1, -0.05) is 0 Å². The van der Waals surface area contributed by atoms with Gasteiger partial charge in [0.15, 0.2) is 11.6 Å². The fraction of sp³-hybridized carbons (Fsp3) is 1.00. The summed E-state index contributed by atoms with van der Waals surface area (Å²) in [5.74, 6) is 1.06. The van der Waals surface area contributed by atoms with E-state index in [0.29, 0.717) is 13.2 Å². The molecule has 2 atom stereocenters. The van der Waals surface area contributed by atoms with Crippen LogP contribution in [-0.4, -0.2) is 48.5 Å². The highest BCUT2D eigenvalue weighted by molar-refractivity contribution is 7.99. The van der Waals surface area contributed by atoms with Crippen LogP contribution in [0.4, 0.5) is 0 Å². The molecule has 0 saturated carbocycles. The van der Waals surface area contributed by atoms with Crippen molar-refractivity contribution >= 4 is 11.8 Å². The summed E-state index contributed by atoms with van der Waals surface area (Å²) in [5.41, 5.74) is 0. The zero-order valence-corrected chi connectivity index (χ0v) is 11.8. The molecule has 4 nitrogen and oxygen atoms in total. The lowest BCUT2D eigenvalue weighted by atomic mass is 10.4. The van der Waals surface area contributed by atoms with E-state index < -0.39 is 11.6 Å². The van der Waals surface area contributed by atoms with Gasteiger partial charge in [-0.25, -0.2) is 0 Å². The SMILES string of the molecule is CC1(C)OC[C@@H](CSC[C@@H]2COC(C)(C)O2)O1. The van der Waals surface area contributed by atoms with Crippen molar-refractivity contribution in [1.29, 1.82) is 0 Å². The molecule has 2 aliphatic rings. The Morgan fingerprint density at radius 1 is 0.882 bits per heavy atom. The fourth-order valence-electron chi connectivity index (χ4n) is 2.02. The van der Waals surface area contributed by atoms with E-state index in [4.69, 9.17) is 18.9 Å². The van der Waals surface area contributed by atoms with Crippen LogP contribution >= 0.6 is 11.8 Å². The summed E-state index contributed by atoms with van der Waals surface area (Å²) in [5, 5.41) is 0. The summed E-state index contributed by atoms with van der Waals surface area (Å²) >= 11 is 1.84. The summed E-state index contributed by atoms with van der Waals surface area (Å²) in [6.45, 7) is 9.19. The van der Waals surface area contributed by atoms with Crippen molar-refractivity contribution in [3.05, 3.63) is 0 Å². The van der Waals surface area contributed by atoms with Gasteiger partial charge in [0.25, 0.3) is 0 Å². The zero-order chi connectivity index (χ0) is 12.5. The van der Waals surface area contributed by atoms with Crippen molar-refractivity contribution in [3.63, 3.8) is 0 Å². The van der Waals surface area contributed by atoms with Gasteiger partial charge in [-0.2, -0.15) is 11.8 Å². The lowest BCUT2D eigenvalue weighted by Crippen LogP contribution is -2.24. The van der Waals surface area contributed by atoms with Crippen LogP contribution in [0.15, 0.2) is 0 Å². The molecule has 0 spiro atoms. The Kier molecular flexibility index (Phi) is 4.05. The summed E-state index contributed by atoms with van der Waals surface area (Å²) in [4.78, 5) is 0. The quantitative estimate of drug-likeness (QED) is 0.775. The second-order valence-electron chi connectivity index (χ2n) is 5.44. The van der Waals surface area contributed by atoms with E-state index in [9.17, 15) is 0 Å². The first-order valence-electron chi connectivity index (χ1n) is 6.08. The average Bonchev–Trinajstić information content (AvgIpc) is 2.70. The molecule has 0 aromatic heterocycles. The number of hydrogen-bond donors (Lipinski definition) is 0. The standard InChI is InChI=1S/C12H22O4S/c1-11(2)13-5-9(15-11)7-17-8-10-6-14-12(3,4)16-10/h9-10H,5-8H2,1-4H3/t9-,10-/m0/s1. The molecule has 0 bridgehead atoms. The number of thioether (sulfide) groups is 1. The summed E-state index contributed by atoms with van der Waals surface area (Å²) in [7, 11) is 0. The molecular weight excluding hydrogens is 240 g/mol. The van der Waals surface area contributed by atoms with Crippen LogP contribution in [0.2, 0.25) is 0 Å². The first-order valence-corrected chi connectivity index (χ1v) is 7.23. The molecule has 5 heteroatoms. The van der Waals surface area contributed by atoms with E-state index in [0.717, 1.165) is 11.5 Å². The second-order valence-corrected chi connectivity index (χ2v) is 6.51. The minimum Gasteiger partial charge on any atom is -0.348 e. The number of ether oxygens (including phenoxy) is 4. The van der Waals surface area contributed by atoms with Crippen molar-refractivity contribution in [3.8, 4) is 0 Å². The molecule has 0 radical (unpaired) electrons. The van der Waals surface area contributed by atoms with Gasteiger partial charge in [-0.3, -0.25) is 0 Å². The van der Waals surface area contributed by atoms with Crippen molar-refractivity contribution < 1.29 is 18.9 Å². The van der Waals surface area contributed by atoms with Gasteiger partial charge >= 0.3 is 0 Å². The molecule has 0 aliphatic carbocycles. The van der Waals surface area contributed by atoms with E-state index in [-0.39, 0.29) is 12.2 Å². The minimum absolute atomic E-state index is 0.199. The minimum atomic E-state index is -0.416. The van der Waals surface area contributed by atoms with Gasteiger partial charge in [-0.15, -0.1) is 0 Å². The Bertz CT molecular complexity index is 241. The predicted molar refractivity (Wildman–Crippen MR) is 67.1 cm³/mol. The third kappa shape index (κ3) is 4.10. The Hall–Kier alpha value is 0.190. The fourth-order valence-corrected chi connectivity index (χ4v) is 3.01. The summed E-state index contributed by atoms with van der Waals surface area (Å²) < 4.78 is 22.5. The molecule has 0 amide bonds. The van der Waals surface area contributed by atoms with Crippen LogP contribution < -0.4 is 0 Å². The molecule has 100 valence electrons. The lowest BCUT2D eigenvalue weighted by molar-refractivity contribution is -0.135. The largest absolute Gasteiger partial charge is 0.348 e. The van der Waals surface area contributed by atoms with Gasteiger partial charge in [0, 0.05) is 11.5 Å². The van der Waals surface area contributed by atoms with Gasteiger partial charge in [-0.05, 0) is 27.7 Å². The highest BCUT2D eigenvalue weighted by Gasteiger charge is 2.34. The molecule has 17 heavy (non-hydrogen) atoms. The number of hydrogen-bond acceptors (Lipinski definition) is 5. The summed E-state index contributed by atoms with van der Waals surface area (Å²) in [6.07, 6.45) is 0.399. The molecule has 2 saturated heterocycles. The van der Waals surface area contributed by atoms with Crippen LogP contribution in [0.25, 0.3) is 0 Å². The van der Waals surface area contributed by atoms with Crippen molar-refractivity contribution in [2.75, 3.05) is 24.7 Å². The molecular formula is C12H22O4S. The van der Waals surface area contributed by atoms with E-state index >= 15 is 0 Å². The first kappa shape index (κ1) is 13.6. The Morgan fingerprint density at radius 3 is 1.59 bits per heavy atom. The maximum absolute atomic E-state index is 5.74. The Balaban J connectivity index is 1.61. The van der Waals surface area contributed by atoms with Crippen molar-refractivity contribution in [2.24, 2.45) is 0 Å². The third-order valence-electron chi connectivity index (χ3n) is 2.74. The molecule has 0 unspecified atom stereocenters. The molecule has 2 heterocycles. The van der Waals surface area contributed by atoms with Gasteiger partial charge in [0.2, 0.25) is 0 Å². The molecule has 0 aromatic carbocycles. The van der Waals surface area contributed by atoms with E-state index in [1.807, 2.05) is 39.5 Å². The molecule has 0 N–H and O–H groups in total. The second kappa shape index (κ2) is 5.05. The van der Waals surface area contributed by atoms with E-state index in [1.165, 1.54) is 0 Å². The third-order valence-corrected chi connectivity index (χ3v) is 3.96. The Labute approximate surface area is 107 Å².